The molecule has 0 aromatic heterocycles. The van der Waals surface area contributed by atoms with Crippen LogP contribution in [0, 0.1) is 5.82 Å². The van der Waals surface area contributed by atoms with E-state index in [2.05, 4.69) is 17.0 Å². The molecular weight excluding hydrogens is 305 g/mol. The molecule has 2 aromatic carbocycles. The number of nitrogens with zero attached hydrogens (tertiary/aromatic N) is 1. The number of ether oxygens (including phenoxy) is 1. The quantitative estimate of drug-likeness (QED) is 0.872. The highest BCUT2D eigenvalue weighted by Gasteiger charge is 2.23. The molecule has 4 heteroatoms. The standard InChI is InChI=1S/C20H24FNO2/c21-18-8-6-17(7-9-18)20-3-1-2-12-22(20)15-16-4-10-19(11-5-16)24-14-13-23/h4-11,20,23H,1-3,12-15H2. The Labute approximate surface area is 142 Å². The van der Waals surface area contributed by atoms with Gasteiger partial charge in [-0.3, -0.25) is 4.90 Å². The molecule has 1 N–H and O–H groups in total. The number of rotatable bonds is 6. The summed E-state index contributed by atoms with van der Waals surface area (Å²) in [6.45, 7) is 2.28. The third-order valence-electron chi connectivity index (χ3n) is 4.54. The number of hydrogen-bond donors (Lipinski definition) is 1. The first kappa shape index (κ1) is 16.9. The van der Waals surface area contributed by atoms with Crippen molar-refractivity contribution in [1.29, 1.82) is 0 Å². The molecule has 1 aliphatic rings. The Bertz CT molecular complexity index is 627. The first-order valence-electron chi connectivity index (χ1n) is 8.58. The van der Waals surface area contributed by atoms with Crippen LogP contribution < -0.4 is 4.74 Å². The van der Waals surface area contributed by atoms with Crippen LogP contribution in [0.4, 0.5) is 4.39 Å². The Morgan fingerprint density at radius 1 is 1.04 bits per heavy atom. The lowest BCUT2D eigenvalue weighted by molar-refractivity contribution is 0.140. The van der Waals surface area contributed by atoms with E-state index in [1.807, 2.05) is 24.3 Å². The van der Waals surface area contributed by atoms with Gasteiger partial charge >= 0.3 is 0 Å². The number of benzene rings is 2. The van der Waals surface area contributed by atoms with Crippen LogP contribution in [-0.4, -0.2) is 29.8 Å². The fourth-order valence-electron chi connectivity index (χ4n) is 3.33. The summed E-state index contributed by atoms with van der Waals surface area (Å²) in [7, 11) is 0. The van der Waals surface area contributed by atoms with E-state index in [1.54, 1.807) is 12.1 Å². The predicted molar refractivity (Wildman–Crippen MR) is 92.4 cm³/mol. The van der Waals surface area contributed by atoms with Crippen LogP contribution in [0.1, 0.15) is 36.4 Å². The van der Waals surface area contributed by atoms with Crippen molar-refractivity contribution in [3.8, 4) is 5.75 Å². The summed E-state index contributed by atoms with van der Waals surface area (Å²) in [5.41, 5.74) is 2.43. The molecule has 1 atom stereocenters. The number of aliphatic hydroxyl groups excluding tert-OH is 1. The van der Waals surface area contributed by atoms with Crippen molar-refractivity contribution < 1.29 is 14.2 Å². The Hall–Kier alpha value is -1.91. The van der Waals surface area contributed by atoms with Crippen LogP contribution in [0.15, 0.2) is 48.5 Å². The van der Waals surface area contributed by atoms with E-state index < -0.39 is 0 Å². The van der Waals surface area contributed by atoms with E-state index in [-0.39, 0.29) is 12.4 Å². The molecule has 0 amide bonds. The highest BCUT2D eigenvalue weighted by atomic mass is 19.1. The normalized spacial score (nSPS) is 18.5. The molecule has 128 valence electrons. The van der Waals surface area contributed by atoms with Gasteiger partial charge in [-0.25, -0.2) is 4.39 Å². The molecule has 0 radical (unpaired) electrons. The van der Waals surface area contributed by atoms with Gasteiger partial charge in [0.2, 0.25) is 0 Å². The second-order valence-electron chi connectivity index (χ2n) is 6.25. The lowest BCUT2D eigenvalue weighted by Crippen LogP contribution is -2.32. The zero-order chi connectivity index (χ0) is 16.8. The van der Waals surface area contributed by atoms with Crippen LogP contribution >= 0.6 is 0 Å². The van der Waals surface area contributed by atoms with Crippen molar-refractivity contribution in [3.63, 3.8) is 0 Å². The van der Waals surface area contributed by atoms with Gasteiger partial charge in [0, 0.05) is 12.6 Å². The van der Waals surface area contributed by atoms with Crippen molar-refractivity contribution in [2.24, 2.45) is 0 Å². The maximum atomic E-state index is 13.2. The van der Waals surface area contributed by atoms with Crippen LogP contribution in [0.3, 0.4) is 0 Å². The second-order valence-corrected chi connectivity index (χ2v) is 6.25. The van der Waals surface area contributed by atoms with Gasteiger partial charge in [0.1, 0.15) is 18.2 Å². The smallest absolute Gasteiger partial charge is 0.123 e. The third-order valence-corrected chi connectivity index (χ3v) is 4.54. The molecule has 1 heterocycles. The number of hydrogen-bond acceptors (Lipinski definition) is 3. The van der Waals surface area contributed by atoms with E-state index in [1.165, 1.54) is 24.0 Å². The fraction of sp³-hybridized carbons (Fsp3) is 0.400. The summed E-state index contributed by atoms with van der Waals surface area (Å²) in [5.74, 6) is 0.598. The molecular formula is C20H24FNO2. The van der Waals surface area contributed by atoms with Crippen molar-refractivity contribution in [2.45, 2.75) is 31.8 Å². The van der Waals surface area contributed by atoms with Gasteiger partial charge < -0.3 is 9.84 Å². The topological polar surface area (TPSA) is 32.7 Å². The zero-order valence-corrected chi connectivity index (χ0v) is 13.8. The average molecular weight is 329 g/mol. The minimum absolute atomic E-state index is 0.0227. The lowest BCUT2D eigenvalue weighted by atomic mass is 9.94. The predicted octanol–water partition coefficient (Wildman–Crippen LogP) is 3.92. The number of aliphatic hydroxyl groups is 1. The van der Waals surface area contributed by atoms with E-state index in [4.69, 9.17) is 9.84 Å². The maximum absolute atomic E-state index is 13.2. The Morgan fingerprint density at radius 2 is 1.79 bits per heavy atom. The SMILES string of the molecule is OCCOc1ccc(CN2CCCCC2c2ccc(F)cc2)cc1. The average Bonchev–Trinajstić information content (AvgIpc) is 2.62. The summed E-state index contributed by atoms with van der Waals surface area (Å²) in [4.78, 5) is 2.47. The lowest BCUT2D eigenvalue weighted by Gasteiger charge is -2.36. The summed E-state index contributed by atoms with van der Waals surface area (Å²) in [5, 5.41) is 8.80. The molecule has 3 nitrogen and oxygen atoms in total. The minimum atomic E-state index is -0.181. The number of likely N-dealkylation sites (tertiary alicyclic amines) is 1. The van der Waals surface area contributed by atoms with Crippen LogP contribution in [0.2, 0.25) is 0 Å². The summed E-state index contributed by atoms with van der Waals surface area (Å²) in [6, 6.07) is 15.3. The van der Waals surface area contributed by atoms with Gasteiger partial charge in [0.25, 0.3) is 0 Å². The molecule has 0 saturated carbocycles. The minimum Gasteiger partial charge on any atom is -0.491 e. The fourth-order valence-corrected chi connectivity index (χ4v) is 3.33. The number of halogens is 1. The van der Waals surface area contributed by atoms with E-state index in [0.717, 1.165) is 25.3 Å². The summed E-state index contributed by atoms with van der Waals surface area (Å²) >= 11 is 0. The Balaban J connectivity index is 1.68. The molecule has 0 aliphatic carbocycles. The third kappa shape index (κ3) is 4.34. The Kier molecular flexibility index (Phi) is 5.83. The molecule has 2 aromatic rings. The first-order chi connectivity index (χ1) is 11.8. The van der Waals surface area contributed by atoms with Gasteiger partial charge in [-0.15, -0.1) is 0 Å². The van der Waals surface area contributed by atoms with Crippen LogP contribution in [-0.2, 0) is 6.54 Å². The van der Waals surface area contributed by atoms with Gasteiger partial charge in [-0.2, -0.15) is 0 Å². The first-order valence-corrected chi connectivity index (χ1v) is 8.58. The monoisotopic (exact) mass is 329 g/mol. The van der Waals surface area contributed by atoms with Crippen molar-refractivity contribution >= 4 is 0 Å². The highest BCUT2D eigenvalue weighted by Crippen LogP contribution is 2.32. The van der Waals surface area contributed by atoms with Crippen molar-refractivity contribution in [1.82, 2.24) is 4.90 Å². The second kappa shape index (κ2) is 8.27. The van der Waals surface area contributed by atoms with Gasteiger partial charge in [-0.05, 0) is 54.8 Å². The molecule has 1 unspecified atom stereocenters. The van der Waals surface area contributed by atoms with Crippen molar-refractivity contribution in [2.75, 3.05) is 19.8 Å². The zero-order valence-electron chi connectivity index (χ0n) is 13.8. The van der Waals surface area contributed by atoms with E-state index in [0.29, 0.717) is 12.6 Å². The van der Waals surface area contributed by atoms with Gasteiger partial charge in [0.15, 0.2) is 0 Å². The summed E-state index contributed by atoms with van der Waals surface area (Å²) < 4.78 is 18.6. The molecule has 1 saturated heterocycles. The largest absolute Gasteiger partial charge is 0.491 e. The van der Waals surface area contributed by atoms with Crippen molar-refractivity contribution in [3.05, 3.63) is 65.5 Å². The highest BCUT2D eigenvalue weighted by molar-refractivity contribution is 5.28. The van der Waals surface area contributed by atoms with E-state index in [9.17, 15) is 4.39 Å². The van der Waals surface area contributed by atoms with Gasteiger partial charge in [0.05, 0.1) is 6.61 Å². The molecule has 1 aliphatic heterocycles. The van der Waals surface area contributed by atoms with E-state index >= 15 is 0 Å². The molecule has 3 rings (SSSR count). The maximum Gasteiger partial charge on any atom is 0.123 e. The molecule has 0 spiro atoms. The molecule has 1 fully saturated rings. The van der Waals surface area contributed by atoms with Gasteiger partial charge in [-0.1, -0.05) is 30.7 Å². The molecule has 0 bridgehead atoms. The molecule has 24 heavy (non-hydrogen) atoms. The van der Waals surface area contributed by atoms with Crippen LogP contribution in [0.25, 0.3) is 0 Å². The van der Waals surface area contributed by atoms with Crippen LogP contribution in [0.5, 0.6) is 5.75 Å². The summed E-state index contributed by atoms with van der Waals surface area (Å²) in [6.07, 6.45) is 3.53. The number of piperidine rings is 1. The Morgan fingerprint density at radius 3 is 2.50 bits per heavy atom.